The molecule has 0 N–H and O–H groups in total. The quantitative estimate of drug-likeness (QED) is 0.436. The molecular formula is C4H6O3S3-2. The average molecular weight is 198 g/mol. The van der Waals surface area contributed by atoms with Gasteiger partial charge in [0, 0.05) is 0 Å². The Hall–Kier alpha value is -0.200. The molecule has 0 spiro atoms. The van der Waals surface area contributed by atoms with Crippen molar-refractivity contribution in [1.82, 2.24) is 0 Å². The van der Waals surface area contributed by atoms with Gasteiger partial charge in [-0.15, -0.1) is 0 Å². The molecule has 10 heavy (non-hydrogen) atoms. The van der Waals surface area contributed by atoms with E-state index in [1.165, 1.54) is 11.8 Å². The lowest BCUT2D eigenvalue weighted by molar-refractivity contribution is 0.569. The van der Waals surface area contributed by atoms with E-state index in [-0.39, 0.29) is 0 Å². The summed E-state index contributed by atoms with van der Waals surface area (Å²) in [6.45, 7) is 0. The van der Waals surface area contributed by atoms with Crippen molar-refractivity contribution >= 4 is 53.9 Å². The summed E-state index contributed by atoms with van der Waals surface area (Å²) in [6, 6.07) is 0. The topological polar surface area (TPSA) is 51.2 Å². The highest BCUT2D eigenvalue weighted by molar-refractivity contribution is 8.11. The molecule has 0 aromatic heterocycles. The molecule has 0 aliphatic rings. The summed E-state index contributed by atoms with van der Waals surface area (Å²) in [5.41, 5.74) is 1.46. The van der Waals surface area contributed by atoms with E-state index in [1.54, 1.807) is 6.26 Å². The van der Waals surface area contributed by atoms with E-state index in [9.17, 15) is 0 Å². The Bertz CT molecular complexity index is 70.1. The van der Waals surface area contributed by atoms with Crippen LogP contribution in [0.2, 0.25) is 0 Å². The van der Waals surface area contributed by atoms with Crippen molar-refractivity contribution in [2.75, 3.05) is 6.26 Å². The second-order valence-corrected chi connectivity index (χ2v) is 1.57. The van der Waals surface area contributed by atoms with Crippen LogP contribution in [0.1, 0.15) is 0 Å². The first-order valence-electron chi connectivity index (χ1n) is 1.82. The van der Waals surface area contributed by atoms with Gasteiger partial charge in [-0.3, -0.25) is 4.79 Å². The third-order valence-corrected chi connectivity index (χ3v) is 0.289. The number of carbonyl (C=O) groups is 3. The third-order valence-electron chi connectivity index (χ3n) is 0.0962. The molecule has 0 aromatic rings. The van der Waals surface area contributed by atoms with Crippen molar-refractivity contribution in [2.45, 2.75) is 0 Å². The van der Waals surface area contributed by atoms with E-state index in [0.717, 1.165) is 5.62 Å². The van der Waals surface area contributed by atoms with E-state index < -0.39 is 0 Å². The molecule has 0 saturated heterocycles. The normalized spacial score (nSPS) is 4.90. The van der Waals surface area contributed by atoms with Crippen molar-refractivity contribution in [2.24, 2.45) is 0 Å². The molecular weight excluding hydrogens is 192 g/mol. The second kappa shape index (κ2) is 37.1. The third kappa shape index (κ3) is 564. The van der Waals surface area contributed by atoms with Crippen LogP contribution in [-0.2, 0) is 39.6 Å². The minimum Gasteiger partial charge on any atom is -0.746 e. The number of rotatable bonds is 1. The van der Waals surface area contributed by atoms with Crippen molar-refractivity contribution in [1.29, 1.82) is 0 Å². The van der Waals surface area contributed by atoms with Crippen LogP contribution in [0.4, 0.5) is 0 Å². The predicted molar refractivity (Wildman–Crippen MR) is 48.5 cm³/mol. The van der Waals surface area contributed by atoms with Gasteiger partial charge in [0.2, 0.25) is 0 Å². The maximum atomic E-state index is 9.14. The van der Waals surface area contributed by atoms with Gasteiger partial charge in [-0.1, -0.05) is 11.8 Å². The Labute approximate surface area is 74.8 Å². The molecule has 6 heteroatoms. The zero-order valence-electron chi connectivity index (χ0n) is 5.18. The Balaban J connectivity index is -0.0000000750. The maximum absolute atomic E-state index is 9.14. The van der Waals surface area contributed by atoms with Gasteiger partial charge < -0.3 is 34.8 Å². The Morgan fingerprint density at radius 3 is 1.20 bits per heavy atom. The van der Waals surface area contributed by atoms with E-state index in [4.69, 9.17) is 14.4 Å². The van der Waals surface area contributed by atoms with Crippen LogP contribution in [0.3, 0.4) is 0 Å². The molecule has 0 unspecified atom stereocenters. The lowest BCUT2D eigenvalue weighted by Gasteiger charge is -1.59. The van der Waals surface area contributed by atoms with Crippen LogP contribution in [0, 0.1) is 0 Å². The molecule has 0 heterocycles. The Morgan fingerprint density at radius 2 is 1.20 bits per heavy atom. The Morgan fingerprint density at radius 1 is 1.10 bits per heavy atom. The molecule has 0 aromatic carbocycles. The molecule has 0 fully saturated rings. The van der Waals surface area contributed by atoms with Gasteiger partial charge in [-0.2, -0.15) is 0 Å². The molecule has 0 radical (unpaired) electrons. The zero-order chi connectivity index (χ0) is 8.83. The van der Waals surface area contributed by atoms with Crippen LogP contribution in [0.15, 0.2) is 0 Å². The van der Waals surface area contributed by atoms with Crippen LogP contribution in [0.5, 0.6) is 0 Å². The Kier molecular flexibility index (Phi) is 60.9. The molecule has 0 rings (SSSR count). The van der Waals surface area contributed by atoms with E-state index in [0.29, 0.717) is 11.2 Å². The van der Waals surface area contributed by atoms with Crippen LogP contribution >= 0.6 is 11.8 Å². The summed E-state index contributed by atoms with van der Waals surface area (Å²) in [5, 5.41) is 0. The minimum absolute atomic E-state index is 0.333. The first kappa shape index (κ1) is 16.4. The second-order valence-electron chi connectivity index (χ2n) is 0.524. The summed E-state index contributed by atoms with van der Waals surface area (Å²) < 4.78 is 0. The standard InChI is InChI=1S/C2H4OS.2CH2OS/c1-4-2-3;2*2-1-3/h2H,1H3;2*1H,(H,2,3)/p-2. The van der Waals surface area contributed by atoms with Crippen LogP contribution in [-0.4, -0.2) is 23.1 Å². The molecule has 0 aliphatic carbocycles. The van der Waals surface area contributed by atoms with Gasteiger partial charge in [0.05, 0.1) is 0 Å². The minimum atomic E-state index is 0.333. The van der Waals surface area contributed by atoms with Gasteiger partial charge in [-0.05, 0) is 17.5 Å². The monoisotopic (exact) mass is 198 g/mol. The number of hydrogen-bond donors (Lipinski definition) is 0. The number of carbonyl (C=O) groups excluding carboxylic acids is 3. The number of hydrogen-bond acceptors (Lipinski definition) is 6. The van der Waals surface area contributed by atoms with Crippen molar-refractivity contribution < 1.29 is 14.4 Å². The highest BCUT2D eigenvalue weighted by Gasteiger charge is 1.51. The highest BCUT2D eigenvalue weighted by atomic mass is 32.2. The first-order valence-corrected chi connectivity index (χ1v) is 4.05. The fourth-order valence-electron chi connectivity index (χ4n) is 0. The van der Waals surface area contributed by atoms with E-state index in [1.807, 2.05) is 0 Å². The average Bonchev–Trinajstić information content (AvgIpc) is 1.91. The van der Waals surface area contributed by atoms with Crippen LogP contribution < -0.4 is 0 Å². The molecule has 0 atom stereocenters. The summed E-state index contributed by atoms with van der Waals surface area (Å²) in [5.74, 6) is 0. The van der Waals surface area contributed by atoms with Crippen molar-refractivity contribution in [3.8, 4) is 0 Å². The van der Waals surface area contributed by atoms with Crippen molar-refractivity contribution in [3.05, 3.63) is 0 Å². The molecule has 60 valence electrons. The predicted octanol–water partition coefficient (Wildman–Crippen LogP) is -0.0134. The summed E-state index contributed by atoms with van der Waals surface area (Å²) in [6.07, 6.45) is 1.73. The summed E-state index contributed by atoms with van der Waals surface area (Å²) in [7, 11) is 0. The zero-order valence-corrected chi connectivity index (χ0v) is 7.63. The largest absolute Gasteiger partial charge is 0.746 e. The lowest BCUT2D eigenvalue weighted by Crippen LogP contribution is -1.44. The smallest absolute Gasteiger partial charge is 0.175 e. The lowest BCUT2D eigenvalue weighted by atomic mass is 11.8. The molecule has 3 nitrogen and oxygen atoms in total. The van der Waals surface area contributed by atoms with Gasteiger partial charge >= 0.3 is 0 Å². The van der Waals surface area contributed by atoms with Gasteiger partial charge in [0.15, 0.2) is 5.62 Å². The van der Waals surface area contributed by atoms with E-state index >= 15 is 0 Å². The fourth-order valence-corrected chi connectivity index (χ4v) is 0. The first-order chi connectivity index (χ1) is 4.74. The maximum Gasteiger partial charge on any atom is 0.175 e. The van der Waals surface area contributed by atoms with E-state index in [2.05, 4.69) is 25.3 Å². The van der Waals surface area contributed by atoms with Crippen LogP contribution in [0.25, 0.3) is 0 Å². The summed E-state index contributed by atoms with van der Waals surface area (Å²) >= 11 is 8.60. The summed E-state index contributed by atoms with van der Waals surface area (Å²) in [4.78, 5) is 26.4. The molecule has 0 amide bonds. The SMILES string of the molecule is CSC=O.O=C[S-].O=C[S-]. The van der Waals surface area contributed by atoms with Crippen molar-refractivity contribution in [3.63, 3.8) is 0 Å². The number of thioether (sulfide) groups is 1. The molecule has 0 saturated carbocycles. The highest BCUT2D eigenvalue weighted by Crippen LogP contribution is 1.74. The van der Waals surface area contributed by atoms with Gasteiger partial charge in [0.1, 0.15) is 0 Å². The fraction of sp³-hybridized carbons (Fsp3) is 0.250. The molecule has 0 bridgehead atoms. The van der Waals surface area contributed by atoms with Gasteiger partial charge in [-0.25, -0.2) is 0 Å². The van der Waals surface area contributed by atoms with Gasteiger partial charge in [0.25, 0.3) is 0 Å². The molecule has 0 aliphatic heterocycles.